The van der Waals surface area contributed by atoms with E-state index in [0.29, 0.717) is 6.54 Å². The first-order chi connectivity index (χ1) is 7.86. The van der Waals surface area contributed by atoms with E-state index in [1.807, 2.05) is 6.07 Å². The van der Waals surface area contributed by atoms with Crippen molar-refractivity contribution in [1.82, 2.24) is 20.6 Å². The van der Waals surface area contributed by atoms with Gasteiger partial charge in [0.1, 0.15) is 6.33 Å². The zero-order valence-corrected chi connectivity index (χ0v) is 9.15. The van der Waals surface area contributed by atoms with Gasteiger partial charge in [-0.25, -0.2) is 9.97 Å². The van der Waals surface area contributed by atoms with Crippen molar-refractivity contribution in [3.05, 3.63) is 24.3 Å². The molecule has 1 aromatic rings. The molecule has 1 aromatic heterocycles. The summed E-state index contributed by atoms with van der Waals surface area (Å²) in [5.41, 5.74) is 0.909. The van der Waals surface area contributed by atoms with Crippen molar-refractivity contribution >= 4 is 5.91 Å². The Kier molecular flexibility index (Phi) is 3.82. The Morgan fingerprint density at radius 1 is 1.50 bits per heavy atom. The number of nitrogens with zero attached hydrogens (tertiary/aromatic N) is 2. The van der Waals surface area contributed by atoms with Crippen molar-refractivity contribution in [2.75, 3.05) is 6.54 Å². The molecule has 86 valence electrons. The van der Waals surface area contributed by atoms with E-state index >= 15 is 0 Å². The predicted octanol–water partition coefficient (Wildman–Crippen LogP) is 0.235. The fraction of sp³-hybridized carbons (Fsp3) is 0.545. The minimum atomic E-state index is -0.0857. The van der Waals surface area contributed by atoms with Gasteiger partial charge in [0.2, 0.25) is 5.91 Å². The van der Waals surface area contributed by atoms with E-state index in [4.69, 9.17) is 0 Å². The smallest absolute Gasteiger partial charge is 0.237 e. The van der Waals surface area contributed by atoms with E-state index in [-0.39, 0.29) is 11.9 Å². The largest absolute Gasteiger partial charge is 0.355 e. The zero-order valence-electron chi connectivity index (χ0n) is 9.15. The molecule has 0 saturated carbocycles. The van der Waals surface area contributed by atoms with Crippen LogP contribution in [0.2, 0.25) is 0 Å². The van der Waals surface area contributed by atoms with Gasteiger partial charge < -0.3 is 10.6 Å². The summed E-state index contributed by atoms with van der Waals surface area (Å²) >= 11 is 0. The first-order valence-corrected chi connectivity index (χ1v) is 5.62. The number of rotatable bonds is 3. The summed E-state index contributed by atoms with van der Waals surface area (Å²) in [6.45, 7) is 1.41. The average Bonchev–Trinajstić information content (AvgIpc) is 2.53. The van der Waals surface area contributed by atoms with Crippen LogP contribution in [0.3, 0.4) is 0 Å². The minimum Gasteiger partial charge on any atom is -0.355 e. The van der Waals surface area contributed by atoms with Gasteiger partial charge in [0, 0.05) is 19.3 Å². The summed E-state index contributed by atoms with van der Waals surface area (Å²) < 4.78 is 0. The van der Waals surface area contributed by atoms with Crippen LogP contribution in [0.4, 0.5) is 0 Å². The van der Waals surface area contributed by atoms with Gasteiger partial charge in [-0.2, -0.15) is 0 Å². The van der Waals surface area contributed by atoms with Gasteiger partial charge in [-0.15, -0.1) is 0 Å². The molecule has 1 saturated heterocycles. The number of amides is 1. The third-order valence-corrected chi connectivity index (χ3v) is 2.71. The maximum Gasteiger partial charge on any atom is 0.237 e. The van der Waals surface area contributed by atoms with Gasteiger partial charge in [0.05, 0.1) is 11.7 Å². The molecule has 0 aromatic carbocycles. The molecule has 2 N–H and O–H groups in total. The third kappa shape index (κ3) is 3.00. The summed E-state index contributed by atoms with van der Waals surface area (Å²) in [6, 6.07) is 1.76. The molecule has 16 heavy (non-hydrogen) atoms. The molecule has 2 heterocycles. The van der Waals surface area contributed by atoms with Crippen molar-refractivity contribution in [3.63, 3.8) is 0 Å². The lowest BCUT2D eigenvalue weighted by atomic mass is 10.1. The van der Waals surface area contributed by atoms with Crippen LogP contribution in [0.25, 0.3) is 0 Å². The van der Waals surface area contributed by atoms with Gasteiger partial charge in [-0.3, -0.25) is 4.79 Å². The minimum absolute atomic E-state index is 0.0857. The molecule has 1 amide bonds. The average molecular weight is 220 g/mol. The fourth-order valence-corrected chi connectivity index (χ4v) is 1.78. The van der Waals surface area contributed by atoms with Crippen LogP contribution >= 0.6 is 0 Å². The predicted molar refractivity (Wildman–Crippen MR) is 59.5 cm³/mol. The lowest BCUT2D eigenvalue weighted by Crippen LogP contribution is -2.42. The first-order valence-electron chi connectivity index (χ1n) is 5.62. The molecule has 0 radical (unpaired) electrons. The first kappa shape index (κ1) is 11.0. The second kappa shape index (κ2) is 5.55. The summed E-state index contributed by atoms with van der Waals surface area (Å²) in [5.74, 6) is 0.103. The van der Waals surface area contributed by atoms with Crippen LogP contribution in [0.5, 0.6) is 0 Å². The van der Waals surface area contributed by atoms with E-state index in [0.717, 1.165) is 31.5 Å². The Morgan fingerprint density at radius 2 is 2.44 bits per heavy atom. The summed E-state index contributed by atoms with van der Waals surface area (Å²) in [6.07, 6.45) is 6.27. The van der Waals surface area contributed by atoms with Crippen molar-refractivity contribution in [3.8, 4) is 0 Å². The molecule has 5 heteroatoms. The monoisotopic (exact) mass is 220 g/mol. The Balaban J connectivity index is 1.86. The second-order valence-corrected chi connectivity index (χ2v) is 3.92. The summed E-state index contributed by atoms with van der Waals surface area (Å²) in [4.78, 5) is 19.6. The molecular weight excluding hydrogens is 204 g/mol. The number of nitrogens with one attached hydrogen (secondary N) is 2. The normalized spacial score (nSPS) is 21.2. The lowest BCUT2D eigenvalue weighted by molar-refractivity contribution is -0.122. The second-order valence-electron chi connectivity index (χ2n) is 3.92. The Labute approximate surface area is 94.7 Å². The Hall–Kier alpha value is -1.49. The van der Waals surface area contributed by atoms with E-state index in [9.17, 15) is 4.79 Å². The molecule has 1 unspecified atom stereocenters. The number of carbonyl (C=O) groups excluding carboxylic acids is 1. The van der Waals surface area contributed by atoms with Crippen LogP contribution in [-0.4, -0.2) is 28.5 Å². The van der Waals surface area contributed by atoms with Gasteiger partial charge in [-0.1, -0.05) is 0 Å². The maximum absolute atomic E-state index is 11.6. The Morgan fingerprint density at radius 3 is 3.25 bits per heavy atom. The van der Waals surface area contributed by atoms with E-state index < -0.39 is 0 Å². The summed E-state index contributed by atoms with van der Waals surface area (Å²) in [7, 11) is 0. The molecule has 0 spiro atoms. The number of hydrogen-bond donors (Lipinski definition) is 2. The molecular formula is C11H16N4O. The molecule has 5 nitrogen and oxygen atoms in total. The molecule has 1 aliphatic heterocycles. The van der Waals surface area contributed by atoms with Crippen LogP contribution in [0.15, 0.2) is 18.6 Å². The van der Waals surface area contributed by atoms with Gasteiger partial charge in [-0.05, 0) is 25.3 Å². The highest BCUT2D eigenvalue weighted by atomic mass is 16.2. The zero-order chi connectivity index (χ0) is 11.2. The highest BCUT2D eigenvalue weighted by Gasteiger charge is 2.19. The molecule has 1 aliphatic rings. The molecule has 0 aliphatic carbocycles. The fourth-order valence-electron chi connectivity index (χ4n) is 1.78. The van der Waals surface area contributed by atoms with E-state index in [1.54, 1.807) is 6.20 Å². The van der Waals surface area contributed by atoms with Gasteiger partial charge in [0.25, 0.3) is 0 Å². The van der Waals surface area contributed by atoms with E-state index in [1.165, 1.54) is 6.33 Å². The number of hydrogen-bond acceptors (Lipinski definition) is 4. The summed E-state index contributed by atoms with van der Waals surface area (Å²) in [5, 5.41) is 6.12. The highest BCUT2D eigenvalue weighted by Crippen LogP contribution is 2.05. The Bertz CT molecular complexity index is 341. The number of carbonyl (C=O) groups is 1. The maximum atomic E-state index is 11.6. The van der Waals surface area contributed by atoms with Crippen LogP contribution in [-0.2, 0) is 11.3 Å². The molecule has 0 bridgehead atoms. The van der Waals surface area contributed by atoms with Crippen LogP contribution in [0.1, 0.15) is 25.0 Å². The standard InChI is InChI=1S/C11H16N4O/c16-11-10(3-1-2-5-13-11)14-7-9-4-6-12-8-15-9/h4,6,8,10,14H,1-3,5,7H2,(H,13,16). The molecule has 2 rings (SSSR count). The topological polar surface area (TPSA) is 66.9 Å². The van der Waals surface area contributed by atoms with Crippen molar-refractivity contribution in [2.45, 2.75) is 31.8 Å². The molecule has 1 atom stereocenters. The quantitative estimate of drug-likeness (QED) is 0.765. The van der Waals surface area contributed by atoms with Gasteiger partial charge >= 0.3 is 0 Å². The lowest BCUT2D eigenvalue weighted by Gasteiger charge is -2.14. The van der Waals surface area contributed by atoms with Crippen molar-refractivity contribution in [1.29, 1.82) is 0 Å². The van der Waals surface area contributed by atoms with Crippen molar-refractivity contribution in [2.24, 2.45) is 0 Å². The van der Waals surface area contributed by atoms with Crippen LogP contribution < -0.4 is 10.6 Å². The molecule has 1 fully saturated rings. The SMILES string of the molecule is O=C1NCCCCC1NCc1ccncn1. The van der Waals surface area contributed by atoms with Crippen LogP contribution in [0, 0.1) is 0 Å². The van der Waals surface area contributed by atoms with Crippen molar-refractivity contribution < 1.29 is 4.79 Å². The third-order valence-electron chi connectivity index (χ3n) is 2.71. The van der Waals surface area contributed by atoms with Gasteiger partial charge in [0.15, 0.2) is 0 Å². The number of aromatic nitrogens is 2. The highest BCUT2D eigenvalue weighted by molar-refractivity contribution is 5.81. The van der Waals surface area contributed by atoms with E-state index in [2.05, 4.69) is 20.6 Å².